The number of aliphatic hydroxyl groups is 1. The van der Waals surface area contributed by atoms with Gasteiger partial charge in [0, 0.05) is 52.6 Å². The van der Waals surface area contributed by atoms with Crippen LogP contribution in [0.25, 0.3) is 0 Å². The molecule has 0 unspecified atom stereocenters. The number of benzene rings is 3. The number of carbonyl (C=O) groups excluding carboxylic acids is 1. The molecule has 0 saturated carbocycles. The number of carbonyl (C=O) groups is 1. The molecule has 3 aromatic rings. The molecule has 0 aromatic heterocycles. The SMILES string of the molecule is O=C(NN1CCOCC1)[C@@]1(Cc2ccccc2Br)N=C(c2ccc(OCCCO)cc2)O[C@H]1c1ccccc1Br. The normalized spacial score (nSPS) is 21.0. The van der Waals surface area contributed by atoms with E-state index in [-0.39, 0.29) is 12.5 Å². The third kappa shape index (κ3) is 6.42. The molecule has 10 heteroatoms. The van der Waals surface area contributed by atoms with Gasteiger partial charge in [-0.1, -0.05) is 68.3 Å². The molecular weight excluding hydrogens is 642 g/mol. The van der Waals surface area contributed by atoms with Crippen LogP contribution in [0.3, 0.4) is 0 Å². The second-order valence-corrected chi connectivity index (χ2v) is 11.3. The Hall–Kier alpha value is -2.76. The van der Waals surface area contributed by atoms with E-state index in [4.69, 9.17) is 24.3 Å². The molecule has 5 rings (SSSR count). The first-order valence-corrected chi connectivity index (χ1v) is 14.8. The number of amides is 1. The lowest BCUT2D eigenvalue weighted by molar-refractivity contribution is -0.136. The van der Waals surface area contributed by atoms with Gasteiger partial charge in [0.25, 0.3) is 5.91 Å². The maximum atomic E-state index is 14.4. The van der Waals surface area contributed by atoms with Crippen LogP contribution in [0.2, 0.25) is 0 Å². The largest absolute Gasteiger partial charge is 0.494 e. The second kappa shape index (κ2) is 13.3. The Balaban J connectivity index is 1.57. The monoisotopic (exact) mass is 671 g/mol. The third-order valence-corrected chi connectivity index (χ3v) is 8.40. The van der Waals surface area contributed by atoms with Crippen molar-refractivity contribution in [3.8, 4) is 5.75 Å². The Labute approximate surface area is 250 Å². The highest BCUT2D eigenvalue weighted by atomic mass is 79.9. The van der Waals surface area contributed by atoms with Crippen molar-refractivity contribution in [1.82, 2.24) is 10.4 Å². The maximum absolute atomic E-state index is 14.4. The zero-order valence-electron chi connectivity index (χ0n) is 21.9. The van der Waals surface area contributed by atoms with E-state index >= 15 is 0 Å². The Bertz CT molecular complexity index is 1350. The standard InChI is InChI=1S/C30H31Br2N3O5/c31-25-8-3-1-6-22(25)20-30(29(37)34-35-14-18-38-19-15-35)27(24-7-2-4-9-26(24)32)40-28(33-30)21-10-12-23(13-11-21)39-17-5-16-36/h1-4,6-13,27,36H,5,14-20H2,(H,34,37)/t27-,30-/m0/s1. The summed E-state index contributed by atoms with van der Waals surface area (Å²) < 4.78 is 19.5. The Morgan fingerprint density at radius 2 is 1.73 bits per heavy atom. The molecule has 0 radical (unpaired) electrons. The summed E-state index contributed by atoms with van der Waals surface area (Å²) in [6.45, 7) is 2.77. The molecule has 210 valence electrons. The molecule has 3 aromatic carbocycles. The molecule has 1 fully saturated rings. The van der Waals surface area contributed by atoms with Gasteiger partial charge in [0.15, 0.2) is 11.6 Å². The number of ether oxygens (including phenoxy) is 3. The van der Waals surface area contributed by atoms with Crippen LogP contribution >= 0.6 is 31.9 Å². The topological polar surface area (TPSA) is 92.6 Å². The molecular formula is C30H31Br2N3O5. The average molecular weight is 673 g/mol. The second-order valence-electron chi connectivity index (χ2n) is 9.62. The molecule has 2 atom stereocenters. The van der Waals surface area contributed by atoms with E-state index < -0.39 is 11.6 Å². The molecule has 8 nitrogen and oxygen atoms in total. The zero-order chi connectivity index (χ0) is 28.0. The van der Waals surface area contributed by atoms with Gasteiger partial charge in [-0.05, 0) is 42.0 Å². The molecule has 2 N–H and O–H groups in total. The van der Waals surface area contributed by atoms with E-state index in [0.29, 0.717) is 57.4 Å². The van der Waals surface area contributed by atoms with Crippen LogP contribution in [0.4, 0.5) is 0 Å². The highest BCUT2D eigenvalue weighted by molar-refractivity contribution is 9.10. The van der Waals surface area contributed by atoms with Crippen molar-refractivity contribution in [2.45, 2.75) is 24.5 Å². The Kier molecular flexibility index (Phi) is 9.54. The van der Waals surface area contributed by atoms with Crippen molar-refractivity contribution in [1.29, 1.82) is 0 Å². The summed E-state index contributed by atoms with van der Waals surface area (Å²) in [6.07, 6.45) is 0.162. The van der Waals surface area contributed by atoms with Gasteiger partial charge in [-0.2, -0.15) is 0 Å². The van der Waals surface area contributed by atoms with E-state index in [9.17, 15) is 4.79 Å². The summed E-state index contributed by atoms with van der Waals surface area (Å²) in [5, 5.41) is 10.9. The Morgan fingerprint density at radius 3 is 2.42 bits per heavy atom. The number of nitrogens with zero attached hydrogens (tertiary/aromatic N) is 2. The average Bonchev–Trinajstić information content (AvgIpc) is 3.36. The van der Waals surface area contributed by atoms with Gasteiger partial charge in [0.2, 0.25) is 5.90 Å². The fourth-order valence-electron chi connectivity index (χ4n) is 4.79. The van der Waals surface area contributed by atoms with Crippen LogP contribution < -0.4 is 10.2 Å². The van der Waals surface area contributed by atoms with Crippen molar-refractivity contribution in [3.63, 3.8) is 0 Å². The predicted octanol–water partition coefficient (Wildman–Crippen LogP) is 4.84. The summed E-state index contributed by atoms with van der Waals surface area (Å²) in [5.74, 6) is 0.819. The fourth-order valence-corrected chi connectivity index (χ4v) is 5.71. The molecule has 40 heavy (non-hydrogen) atoms. The van der Waals surface area contributed by atoms with E-state index in [1.807, 2.05) is 77.8 Å². The van der Waals surface area contributed by atoms with Gasteiger partial charge in [-0.3, -0.25) is 10.2 Å². The van der Waals surface area contributed by atoms with Crippen molar-refractivity contribution >= 4 is 43.7 Å². The highest BCUT2D eigenvalue weighted by Crippen LogP contribution is 2.45. The third-order valence-electron chi connectivity index (χ3n) is 6.91. The highest BCUT2D eigenvalue weighted by Gasteiger charge is 2.54. The van der Waals surface area contributed by atoms with Gasteiger partial charge < -0.3 is 19.3 Å². The minimum Gasteiger partial charge on any atom is -0.494 e. The minimum atomic E-state index is -1.31. The van der Waals surface area contributed by atoms with Crippen LogP contribution in [0.1, 0.15) is 29.2 Å². The number of hydrazine groups is 1. The van der Waals surface area contributed by atoms with Crippen molar-refractivity contribution in [3.05, 3.63) is 98.4 Å². The molecule has 0 spiro atoms. The maximum Gasteiger partial charge on any atom is 0.266 e. The van der Waals surface area contributed by atoms with E-state index in [2.05, 4.69) is 37.3 Å². The van der Waals surface area contributed by atoms with Crippen LogP contribution in [0, 0.1) is 0 Å². The first-order valence-electron chi connectivity index (χ1n) is 13.2. The first-order chi connectivity index (χ1) is 19.5. The summed E-state index contributed by atoms with van der Waals surface area (Å²) in [6, 6.07) is 23.1. The smallest absolute Gasteiger partial charge is 0.266 e. The van der Waals surface area contributed by atoms with Gasteiger partial charge in [-0.15, -0.1) is 0 Å². The number of aliphatic imine (C=N–C) groups is 1. The van der Waals surface area contributed by atoms with E-state index in [1.165, 1.54) is 0 Å². The molecule has 0 bridgehead atoms. The van der Waals surface area contributed by atoms with Crippen molar-refractivity contribution in [2.75, 3.05) is 39.5 Å². The molecule has 1 amide bonds. The zero-order valence-corrected chi connectivity index (χ0v) is 25.1. The molecule has 2 heterocycles. The number of aliphatic hydroxyl groups excluding tert-OH is 1. The van der Waals surface area contributed by atoms with Gasteiger partial charge in [0.05, 0.1) is 19.8 Å². The number of hydrogen-bond acceptors (Lipinski definition) is 7. The van der Waals surface area contributed by atoms with Crippen LogP contribution in [0.5, 0.6) is 5.75 Å². The lowest BCUT2D eigenvalue weighted by Gasteiger charge is -2.35. The summed E-state index contributed by atoms with van der Waals surface area (Å²) >= 11 is 7.36. The van der Waals surface area contributed by atoms with Gasteiger partial charge in [0.1, 0.15) is 5.75 Å². The number of halogens is 2. The number of hydrogen-bond donors (Lipinski definition) is 2. The fraction of sp³-hybridized carbons (Fsp3) is 0.333. The lowest BCUT2D eigenvalue weighted by atomic mass is 9.82. The molecule has 0 aliphatic carbocycles. The summed E-state index contributed by atoms with van der Waals surface area (Å²) in [5.41, 5.74) is 4.33. The van der Waals surface area contributed by atoms with Crippen molar-refractivity contribution in [2.24, 2.45) is 4.99 Å². The predicted molar refractivity (Wildman–Crippen MR) is 159 cm³/mol. The van der Waals surface area contributed by atoms with Crippen LogP contribution in [0.15, 0.2) is 86.7 Å². The van der Waals surface area contributed by atoms with E-state index in [0.717, 1.165) is 25.6 Å². The lowest BCUT2D eigenvalue weighted by Crippen LogP contribution is -2.57. The first kappa shape index (κ1) is 28.8. The number of rotatable bonds is 10. The quantitative estimate of drug-likeness (QED) is 0.300. The molecule has 1 saturated heterocycles. The Morgan fingerprint density at radius 1 is 1.02 bits per heavy atom. The minimum absolute atomic E-state index is 0.0747. The number of morpholine rings is 1. The summed E-state index contributed by atoms with van der Waals surface area (Å²) in [7, 11) is 0. The molecule has 2 aliphatic heterocycles. The van der Waals surface area contributed by atoms with E-state index in [1.54, 1.807) is 0 Å². The molecule has 2 aliphatic rings. The van der Waals surface area contributed by atoms with Crippen LogP contribution in [-0.4, -0.2) is 67.0 Å². The van der Waals surface area contributed by atoms with Crippen LogP contribution in [-0.2, 0) is 20.7 Å². The van der Waals surface area contributed by atoms with Gasteiger partial charge >= 0.3 is 0 Å². The summed E-state index contributed by atoms with van der Waals surface area (Å²) in [4.78, 5) is 19.5. The van der Waals surface area contributed by atoms with Crippen molar-refractivity contribution < 1.29 is 24.1 Å². The van der Waals surface area contributed by atoms with Gasteiger partial charge in [-0.25, -0.2) is 10.0 Å². The number of nitrogens with one attached hydrogen (secondary N) is 1.